The topological polar surface area (TPSA) is 180 Å². The Kier molecular flexibility index (Phi) is 9.73. The van der Waals surface area contributed by atoms with E-state index in [1.807, 2.05) is 40.1 Å². The lowest BCUT2D eigenvalue weighted by atomic mass is 9.77. The number of nitrogens with zero attached hydrogens (tertiary/aromatic N) is 5. The third-order valence-electron chi connectivity index (χ3n) is 7.85. The number of thioether (sulfide) groups is 1. The number of anilines is 1. The van der Waals surface area contributed by atoms with E-state index in [9.17, 15) is 34.7 Å². The maximum atomic E-state index is 12.7. The molecule has 14 nitrogen and oxygen atoms in total. The largest absolute Gasteiger partial charge is 1.00 e. The van der Waals surface area contributed by atoms with Crippen LogP contribution in [0.25, 0.3) is 10.4 Å². The number of aliphatic carboxylic acids is 1. The van der Waals surface area contributed by atoms with E-state index in [0.717, 1.165) is 14.7 Å². The van der Waals surface area contributed by atoms with Gasteiger partial charge in [0.1, 0.15) is 25.0 Å². The molecule has 0 saturated carbocycles. The Balaban J connectivity index is 0.00000417. The molecule has 0 bridgehead atoms. The first-order chi connectivity index (χ1) is 21.5. The smallest absolute Gasteiger partial charge is 0.413 e. The number of benzene rings is 1. The number of imidazole rings is 1. The molecule has 1 fully saturated rings. The maximum absolute atomic E-state index is 12.7. The van der Waals surface area contributed by atoms with Gasteiger partial charge in [-0.05, 0) is 30.9 Å². The van der Waals surface area contributed by atoms with E-state index in [1.165, 1.54) is 63.6 Å². The Morgan fingerprint density at radius 3 is 2.65 bits per heavy atom. The second kappa shape index (κ2) is 13.3. The average molecular weight is 799 g/mol. The zero-order chi connectivity index (χ0) is 32.2. The van der Waals surface area contributed by atoms with E-state index in [0.29, 0.717) is 28.5 Å². The van der Waals surface area contributed by atoms with Crippen LogP contribution in [0.4, 0.5) is 15.6 Å². The number of nitro groups is 1. The van der Waals surface area contributed by atoms with Crippen LogP contribution in [-0.4, -0.2) is 65.8 Å². The van der Waals surface area contributed by atoms with Crippen molar-refractivity contribution in [1.29, 1.82) is 0 Å². The van der Waals surface area contributed by atoms with Gasteiger partial charge in [-0.1, -0.05) is 30.0 Å². The first kappa shape index (κ1) is 33.8. The highest BCUT2D eigenvalue weighted by Gasteiger charge is 2.60. The van der Waals surface area contributed by atoms with Gasteiger partial charge in [-0.15, -0.1) is 11.3 Å². The standard InChI is InChI=1S/C28H26N6O8S3.HI/c1-13-19(22(26(37)38)33-21(13)20(14(2)35)23(33)36)18-9-32-12-31(24(43-3)25(32)45-18)8-16-11-44-27(29-16)30-28(39)42-10-15-4-6-17(7-5-15)34(40)41;/h4-7,9,11-14,20-21,35H,8,10H2,1-3H3,(H-,29,30,37,38,39);1H/t13-,14+,20+,21+;/m0./s1. The van der Waals surface area contributed by atoms with Crippen LogP contribution in [-0.2, 0) is 27.5 Å². The number of nitrogens with one attached hydrogen (secondary N) is 1. The molecule has 4 atom stereocenters. The average Bonchev–Trinajstić information content (AvgIpc) is 3.73. The fourth-order valence-electron chi connectivity index (χ4n) is 5.87. The van der Waals surface area contributed by atoms with Gasteiger partial charge in [0, 0.05) is 29.0 Å². The highest BCUT2D eigenvalue weighted by Crippen LogP contribution is 2.51. The number of nitro benzene ring substituents is 1. The van der Waals surface area contributed by atoms with E-state index >= 15 is 0 Å². The van der Waals surface area contributed by atoms with Crippen molar-refractivity contribution >= 4 is 73.6 Å². The van der Waals surface area contributed by atoms with Crippen LogP contribution in [0.5, 0.6) is 0 Å². The molecule has 3 N–H and O–H groups in total. The van der Waals surface area contributed by atoms with Gasteiger partial charge in [-0.2, -0.15) is 4.40 Å². The minimum atomic E-state index is -1.17. The number of halogens is 1. The number of carboxylic acids is 1. The number of carboxylic acid groups (broad SMARTS) is 1. The summed E-state index contributed by atoms with van der Waals surface area (Å²) in [7, 11) is 0. The molecule has 3 aromatic heterocycles. The summed E-state index contributed by atoms with van der Waals surface area (Å²) in [6, 6.07) is 5.33. The van der Waals surface area contributed by atoms with Crippen LogP contribution in [0.2, 0.25) is 0 Å². The number of hydrogen-bond donors (Lipinski definition) is 3. The van der Waals surface area contributed by atoms with Crippen molar-refractivity contribution in [3.8, 4) is 0 Å². The maximum Gasteiger partial charge on any atom is 0.413 e. The van der Waals surface area contributed by atoms with Crippen molar-refractivity contribution in [3.63, 3.8) is 0 Å². The summed E-state index contributed by atoms with van der Waals surface area (Å²) in [5, 5.41) is 36.7. The Hall–Kier alpha value is -3.59. The third kappa shape index (κ3) is 5.98. The molecule has 6 rings (SSSR count). The molecule has 1 saturated heterocycles. The molecular weight excluding hydrogens is 771 g/mol. The van der Waals surface area contributed by atoms with Gasteiger partial charge >= 0.3 is 12.1 Å². The molecule has 2 amide bonds. The SMILES string of the molecule is CSc1c2sc(C3=C(C(=O)O)N4C(=O)[C@H]([C@@H](C)O)[C@H]4[C@H]3C)cn2c[n+]1Cc1csc(NC(=O)OCc2ccc([N+](=O)[O-])cc2)n1.[I-]. The van der Waals surface area contributed by atoms with Crippen LogP contribution in [0.15, 0.2) is 52.9 Å². The van der Waals surface area contributed by atoms with Gasteiger partial charge in [0.05, 0.1) is 33.6 Å². The molecule has 2 aliphatic rings. The number of aliphatic hydroxyl groups is 1. The lowest BCUT2D eigenvalue weighted by Crippen LogP contribution is -3.00. The number of carbonyl (C=O) groups is 3. The number of aliphatic hydroxyl groups excluding tert-OH is 1. The molecule has 0 spiro atoms. The van der Waals surface area contributed by atoms with E-state index < -0.39 is 35.0 Å². The number of rotatable bonds is 10. The number of thiazole rings is 2. The minimum Gasteiger partial charge on any atom is -1.00 e. The van der Waals surface area contributed by atoms with Crippen molar-refractivity contribution in [2.24, 2.45) is 11.8 Å². The number of non-ortho nitro benzene ring substituents is 1. The summed E-state index contributed by atoms with van der Waals surface area (Å²) in [5.74, 6) is -2.42. The number of aromatic nitrogens is 3. The number of hydrogen-bond acceptors (Lipinski definition) is 11. The van der Waals surface area contributed by atoms with Crippen molar-refractivity contribution < 1.29 is 62.8 Å². The van der Waals surface area contributed by atoms with E-state index in [4.69, 9.17) is 4.74 Å². The number of ether oxygens (including phenoxy) is 1. The molecule has 0 unspecified atom stereocenters. The molecule has 46 heavy (non-hydrogen) atoms. The Bertz CT molecular complexity index is 1880. The van der Waals surface area contributed by atoms with Gasteiger partial charge in [0.15, 0.2) is 5.13 Å². The molecule has 18 heteroatoms. The lowest BCUT2D eigenvalue weighted by molar-refractivity contribution is -0.722. The van der Waals surface area contributed by atoms with Gasteiger partial charge in [0.2, 0.25) is 15.8 Å². The highest BCUT2D eigenvalue weighted by atomic mass is 127. The van der Waals surface area contributed by atoms with Crippen LogP contribution in [0.1, 0.15) is 30.0 Å². The van der Waals surface area contributed by atoms with E-state index in [2.05, 4.69) is 10.3 Å². The molecule has 242 valence electrons. The van der Waals surface area contributed by atoms with Gasteiger partial charge in [-0.3, -0.25) is 20.2 Å². The number of amides is 2. The highest BCUT2D eigenvalue weighted by molar-refractivity contribution is 7.98. The summed E-state index contributed by atoms with van der Waals surface area (Å²) < 4.78 is 9.15. The number of fused-ring (bicyclic) bond motifs is 2. The lowest BCUT2D eigenvalue weighted by Gasteiger charge is -2.46. The molecule has 4 aromatic rings. The number of carbonyl (C=O) groups excluding carboxylic acids is 2. The zero-order valence-electron chi connectivity index (χ0n) is 24.4. The first-order valence-corrected chi connectivity index (χ1v) is 16.6. The zero-order valence-corrected chi connectivity index (χ0v) is 29.1. The second-order valence-electron chi connectivity index (χ2n) is 10.7. The van der Waals surface area contributed by atoms with Crippen LogP contribution in [0.3, 0.4) is 0 Å². The monoisotopic (exact) mass is 798 g/mol. The molecular formula is C28H27IN6O8S3. The van der Waals surface area contributed by atoms with Crippen molar-refractivity contribution in [2.45, 2.75) is 44.2 Å². The van der Waals surface area contributed by atoms with Crippen LogP contribution >= 0.6 is 34.4 Å². The quantitative estimate of drug-likeness (QED) is 0.0520. The Morgan fingerprint density at radius 2 is 2.02 bits per heavy atom. The molecule has 2 aliphatic heterocycles. The summed E-state index contributed by atoms with van der Waals surface area (Å²) in [5.41, 5.74) is 1.83. The summed E-state index contributed by atoms with van der Waals surface area (Å²) in [4.78, 5) is 55.1. The summed E-state index contributed by atoms with van der Waals surface area (Å²) in [6.07, 6.45) is 4.13. The third-order valence-corrected chi connectivity index (χ3v) is 10.7. The predicted octanol–water partition coefficient (Wildman–Crippen LogP) is 0.829. The van der Waals surface area contributed by atoms with E-state index in [1.54, 1.807) is 6.92 Å². The van der Waals surface area contributed by atoms with Gasteiger partial charge in [-0.25, -0.2) is 19.1 Å². The van der Waals surface area contributed by atoms with E-state index in [-0.39, 0.29) is 53.8 Å². The fourth-order valence-corrected chi connectivity index (χ4v) is 8.73. The second-order valence-corrected chi connectivity index (χ2v) is 13.3. The molecule has 5 heterocycles. The predicted molar refractivity (Wildman–Crippen MR) is 165 cm³/mol. The fraction of sp³-hybridized carbons (Fsp3) is 0.321. The minimum absolute atomic E-state index is 0. The summed E-state index contributed by atoms with van der Waals surface area (Å²) in [6.45, 7) is 3.81. The normalized spacial score (nSPS) is 19.4. The van der Waals surface area contributed by atoms with Crippen molar-refractivity contribution in [3.05, 3.63) is 74.1 Å². The van der Waals surface area contributed by atoms with Crippen molar-refractivity contribution in [2.75, 3.05) is 11.6 Å². The molecule has 1 aromatic carbocycles. The van der Waals surface area contributed by atoms with Crippen molar-refractivity contribution in [1.82, 2.24) is 14.3 Å². The summed E-state index contributed by atoms with van der Waals surface area (Å²) >= 11 is 4.21. The molecule has 0 radical (unpaired) electrons. The van der Waals surface area contributed by atoms with Crippen LogP contribution < -0.4 is 33.9 Å². The molecule has 0 aliphatic carbocycles. The Morgan fingerprint density at radius 1 is 1.30 bits per heavy atom. The number of β-lactam (4-membered cyclic amide) rings is 1. The first-order valence-electron chi connectivity index (χ1n) is 13.7. The van der Waals surface area contributed by atoms with Crippen LogP contribution in [0, 0.1) is 22.0 Å². The van der Waals surface area contributed by atoms with Gasteiger partial charge < -0.3 is 43.8 Å². The van der Waals surface area contributed by atoms with Gasteiger partial charge in [0.25, 0.3) is 12.0 Å². The Labute approximate surface area is 290 Å².